The highest BCUT2D eigenvalue weighted by Crippen LogP contribution is 2.30. The zero-order valence-electron chi connectivity index (χ0n) is 15.0. The molecule has 1 aromatic heterocycles. The molecule has 4 heteroatoms. The number of aromatic nitrogens is 1. The zero-order chi connectivity index (χ0) is 17.5. The van der Waals surface area contributed by atoms with Gasteiger partial charge in [-0.2, -0.15) is 0 Å². The van der Waals surface area contributed by atoms with Crippen molar-refractivity contribution in [2.45, 2.75) is 34.2 Å². The summed E-state index contributed by atoms with van der Waals surface area (Å²) in [5.41, 5.74) is 5.99. The second kappa shape index (κ2) is 6.10. The van der Waals surface area contributed by atoms with Crippen molar-refractivity contribution in [2.75, 3.05) is 19.8 Å². The number of benzene rings is 1. The Bertz CT molecular complexity index is 800. The van der Waals surface area contributed by atoms with Gasteiger partial charge in [0.05, 0.1) is 18.7 Å². The first-order chi connectivity index (χ1) is 11.3. The minimum atomic E-state index is -0.0298. The summed E-state index contributed by atoms with van der Waals surface area (Å²) in [6.45, 7) is 14.8. The van der Waals surface area contributed by atoms with Crippen LogP contribution in [-0.2, 0) is 16.1 Å². The number of rotatable bonds is 5. The van der Waals surface area contributed by atoms with Crippen LogP contribution in [0.3, 0.4) is 0 Å². The molecular formula is C20H26N2O2. The smallest absolute Gasteiger partial charge is 0.246 e. The fourth-order valence-electron chi connectivity index (χ4n) is 3.46. The Kier molecular flexibility index (Phi) is 4.26. The van der Waals surface area contributed by atoms with Gasteiger partial charge in [0, 0.05) is 29.6 Å². The molecule has 1 aliphatic heterocycles. The molecule has 1 N–H and O–H groups in total. The molecule has 128 valence electrons. The van der Waals surface area contributed by atoms with Crippen LogP contribution in [0.25, 0.3) is 10.9 Å². The predicted octanol–water partition coefficient (Wildman–Crippen LogP) is 3.64. The minimum Gasteiger partial charge on any atom is -0.380 e. The number of carbonyl (C=O) groups is 1. The zero-order valence-corrected chi connectivity index (χ0v) is 15.0. The summed E-state index contributed by atoms with van der Waals surface area (Å²) in [5.74, 6) is -0.0298. The lowest BCUT2D eigenvalue weighted by atomic mass is 9.88. The Morgan fingerprint density at radius 3 is 2.67 bits per heavy atom. The molecule has 0 unspecified atom stereocenters. The highest BCUT2D eigenvalue weighted by Gasteiger charge is 2.36. The van der Waals surface area contributed by atoms with Gasteiger partial charge in [0.25, 0.3) is 0 Å². The second-order valence-electron chi connectivity index (χ2n) is 7.42. The second-order valence-corrected chi connectivity index (χ2v) is 7.42. The van der Waals surface area contributed by atoms with Crippen molar-refractivity contribution in [3.63, 3.8) is 0 Å². The van der Waals surface area contributed by atoms with Crippen LogP contribution in [0.2, 0.25) is 0 Å². The molecule has 1 aromatic carbocycles. The summed E-state index contributed by atoms with van der Waals surface area (Å²) in [5, 5.41) is 1.24. The molecule has 1 fully saturated rings. The minimum absolute atomic E-state index is 0.0298. The first-order valence-corrected chi connectivity index (χ1v) is 8.40. The van der Waals surface area contributed by atoms with Gasteiger partial charge in [0.15, 0.2) is 0 Å². The lowest BCUT2D eigenvalue weighted by Gasteiger charge is -2.41. The first kappa shape index (κ1) is 16.8. The van der Waals surface area contributed by atoms with Gasteiger partial charge in [-0.25, -0.2) is 0 Å². The molecule has 2 heterocycles. The van der Waals surface area contributed by atoms with Crippen molar-refractivity contribution >= 4 is 16.8 Å². The number of carbonyl (C=O) groups excluding carboxylic acids is 1. The topological polar surface area (TPSA) is 45.3 Å². The van der Waals surface area contributed by atoms with Gasteiger partial charge >= 0.3 is 0 Å². The van der Waals surface area contributed by atoms with Crippen LogP contribution in [0, 0.1) is 26.2 Å². The van der Waals surface area contributed by atoms with Gasteiger partial charge in [-0.15, -0.1) is 0 Å². The summed E-state index contributed by atoms with van der Waals surface area (Å²) in [4.78, 5) is 17.8. The van der Waals surface area contributed by atoms with E-state index in [0.717, 1.165) is 11.1 Å². The number of hydrogen-bond donors (Lipinski definition) is 1. The van der Waals surface area contributed by atoms with Crippen molar-refractivity contribution in [1.82, 2.24) is 9.88 Å². The first-order valence-electron chi connectivity index (χ1n) is 8.40. The molecular weight excluding hydrogens is 300 g/mol. The molecule has 0 atom stereocenters. The summed E-state index contributed by atoms with van der Waals surface area (Å²) < 4.78 is 5.34. The molecule has 1 aliphatic rings. The fraction of sp³-hybridized carbons (Fsp3) is 0.450. The SMILES string of the molecule is C=CC(=O)N(Cc1cc(C)cc2c(C)c(C)[nH]c12)CC1(C)COC1. The molecule has 0 bridgehead atoms. The maximum absolute atomic E-state index is 12.4. The lowest BCUT2D eigenvalue weighted by Crippen LogP contribution is -2.49. The number of nitrogens with zero attached hydrogens (tertiary/aromatic N) is 1. The number of H-pyrrole nitrogens is 1. The van der Waals surface area contributed by atoms with Crippen LogP contribution in [0.1, 0.15) is 29.3 Å². The highest BCUT2D eigenvalue weighted by molar-refractivity contribution is 5.90. The molecule has 0 spiro atoms. The van der Waals surface area contributed by atoms with E-state index in [9.17, 15) is 4.79 Å². The van der Waals surface area contributed by atoms with Crippen LogP contribution in [0.4, 0.5) is 0 Å². The highest BCUT2D eigenvalue weighted by atomic mass is 16.5. The molecule has 4 nitrogen and oxygen atoms in total. The van der Waals surface area contributed by atoms with E-state index >= 15 is 0 Å². The van der Waals surface area contributed by atoms with E-state index in [2.05, 4.69) is 51.4 Å². The fourth-order valence-corrected chi connectivity index (χ4v) is 3.46. The van der Waals surface area contributed by atoms with E-state index in [1.807, 2.05) is 4.90 Å². The standard InChI is InChI=1S/C20H26N2O2/c1-6-18(23)22(10-20(5)11-24-12-20)9-16-7-13(2)8-17-14(3)15(4)21-19(16)17/h6-8,21H,1,9-12H2,2-5H3. The third-order valence-electron chi connectivity index (χ3n) is 4.96. The van der Waals surface area contributed by atoms with Crippen molar-refractivity contribution < 1.29 is 9.53 Å². The van der Waals surface area contributed by atoms with E-state index in [-0.39, 0.29) is 11.3 Å². The quantitative estimate of drug-likeness (QED) is 0.853. The average molecular weight is 326 g/mol. The van der Waals surface area contributed by atoms with Crippen LogP contribution in [0.5, 0.6) is 0 Å². The molecule has 1 saturated heterocycles. The number of aromatic amines is 1. The Labute approximate surface area is 143 Å². The molecule has 24 heavy (non-hydrogen) atoms. The van der Waals surface area contributed by atoms with E-state index in [4.69, 9.17) is 4.74 Å². The van der Waals surface area contributed by atoms with Gasteiger partial charge in [-0.3, -0.25) is 4.79 Å². The lowest BCUT2D eigenvalue weighted by molar-refractivity contribution is -0.141. The van der Waals surface area contributed by atoms with Gasteiger partial charge < -0.3 is 14.6 Å². The van der Waals surface area contributed by atoms with E-state index in [0.29, 0.717) is 26.3 Å². The van der Waals surface area contributed by atoms with E-state index in [1.54, 1.807) is 0 Å². The largest absolute Gasteiger partial charge is 0.380 e. The Balaban J connectivity index is 1.97. The number of nitrogens with one attached hydrogen (secondary N) is 1. The number of ether oxygens (including phenoxy) is 1. The van der Waals surface area contributed by atoms with Gasteiger partial charge in [-0.05, 0) is 44.0 Å². The van der Waals surface area contributed by atoms with Crippen molar-refractivity contribution in [3.05, 3.63) is 47.2 Å². The molecule has 0 radical (unpaired) electrons. The maximum Gasteiger partial charge on any atom is 0.246 e. The monoisotopic (exact) mass is 326 g/mol. The molecule has 0 saturated carbocycles. The maximum atomic E-state index is 12.4. The average Bonchev–Trinajstić information content (AvgIpc) is 2.80. The van der Waals surface area contributed by atoms with Crippen LogP contribution < -0.4 is 0 Å². The molecule has 3 rings (SSSR count). The molecule has 1 amide bonds. The number of hydrogen-bond acceptors (Lipinski definition) is 2. The normalized spacial score (nSPS) is 16.0. The van der Waals surface area contributed by atoms with Gasteiger partial charge in [-0.1, -0.05) is 25.1 Å². The summed E-state index contributed by atoms with van der Waals surface area (Å²) >= 11 is 0. The number of amides is 1. The summed E-state index contributed by atoms with van der Waals surface area (Å²) in [7, 11) is 0. The van der Waals surface area contributed by atoms with Crippen molar-refractivity contribution in [1.29, 1.82) is 0 Å². The summed E-state index contributed by atoms with van der Waals surface area (Å²) in [6.07, 6.45) is 1.40. The van der Waals surface area contributed by atoms with Crippen LogP contribution in [0.15, 0.2) is 24.8 Å². The van der Waals surface area contributed by atoms with E-state index < -0.39 is 0 Å². The third-order valence-corrected chi connectivity index (χ3v) is 4.96. The molecule has 2 aromatic rings. The van der Waals surface area contributed by atoms with Crippen molar-refractivity contribution in [3.8, 4) is 0 Å². The Morgan fingerprint density at radius 2 is 2.08 bits per heavy atom. The Hall–Kier alpha value is -2.07. The van der Waals surface area contributed by atoms with Gasteiger partial charge in [0.1, 0.15) is 0 Å². The number of aryl methyl sites for hydroxylation is 3. The van der Waals surface area contributed by atoms with E-state index in [1.165, 1.54) is 28.3 Å². The van der Waals surface area contributed by atoms with Crippen LogP contribution >= 0.6 is 0 Å². The summed E-state index contributed by atoms with van der Waals surface area (Å²) in [6, 6.07) is 4.37. The number of fused-ring (bicyclic) bond motifs is 1. The Morgan fingerprint density at radius 1 is 1.38 bits per heavy atom. The van der Waals surface area contributed by atoms with Crippen LogP contribution in [-0.4, -0.2) is 35.5 Å². The van der Waals surface area contributed by atoms with Crippen molar-refractivity contribution in [2.24, 2.45) is 5.41 Å². The predicted molar refractivity (Wildman–Crippen MR) is 97.0 cm³/mol. The van der Waals surface area contributed by atoms with Gasteiger partial charge in [0.2, 0.25) is 5.91 Å². The molecule has 0 aliphatic carbocycles. The third kappa shape index (κ3) is 2.98.